The molecule has 110 valence electrons. The van der Waals surface area contributed by atoms with Crippen molar-refractivity contribution < 1.29 is 4.74 Å². The van der Waals surface area contributed by atoms with Gasteiger partial charge in [-0.3, -0.25) is 9.58 Å². The van der Waals surface area contributed by atoms with Crippen molar-refractivity contribution in [2.45, 2.75) is 12.6 Å². The van der Waals surface area contributed by atoms with Gasteiger partial charge < -0.3 is 4.74 Å². The maximum absolute atomic E-state index is 5.82. The monoisotopic (exact) mass is 283 g/mol. The van der Waals surface area contributed by atoms with Crippen LogP contribution in [0.15, 0.2) is 54.9 Å². The van der Waals surface area contributed by atoms with Crippen LogP contribution >= 0.6 is 0 Å². The van der Waals surface area contributed by atoms with Crippen molar-refractivity contribution in [3.8, 4) is 0 Å². The zero-order chi connectivity index (χ0) is 14.3. The van der Waals surface area contributed by atoms with Gasteiger partial charge in [0.05, 0.1) is 19.3 Å². The lowest BCUT2D eigenvalue weighted by Gasteiger charge is -2.32. The van der Waals surface area contributed by atoms with Gasteiger partial charge in [-0.05, 0) is 11.6 Å². The number of ether oxygens (including phenoxy) is 1. The Bertz CT molecular complexity index is 551. The molecule has 1 fully saturated rings. The fraction of sp³-hybridized carbons (Fsp3) is 0.353. The van der Waals surface area contributed by atoms with E-state index in [4.69, 9.17) is 4.74 Å². The zero-order valence-electron chi connectivity index (χ0n) is 12.1. The highest BCUT2D eigenvalue weighted by molar-refractivity contribution is 5.48. The van der Waals surface area contributed by atoms with Crippen molar-refractivity contribution in [3.05, 3.63) is 60.4 Å². The number of hydrogen-bond acceptors (Lipinski definition) is 3. The molecule has 0 aliphatic carbocycles. The van der Waals surface area contributed by atoms with Crippen molar-refractivity contribution in [3.63, 3.8) is 0 Å². The van der Waals surface area contributed by atoms with Gasteiger partial charge in [0, 0.05) is 32.0 Å². The number of morpholine rings is 1. The van der Waals surface area contributed by atoms with Crippen LogP contribution in [0.25, 0.3) is 6.08 Å². The lowest BCUT2D eigenvalue weighted by atomic mass is 10.2. The predicted octanol–water partition coefficient (Wildman–Crippen LogP) is 2.30. The molecule has 0 saturated carbocycles. The van der Waals surface area contributed by atoms with Gasteiger partial charge in [0.2, 0.25) is 0 Å². The Hall–Kier alpha value is -1.91. The summed E-state index contributed by atoms with van der Waals surface area (Å²) < 4.78 is 7.76. The Kier molecular flexibility index (Phi) is 4.82. The van der Waals surface area contributed by atoms with Gasteiger partial charge in [0.25, 0.3) is 0 Å². The molecule has 1 aliphatic heterocycles. The lowest BCUT2D eigenvalue weighted by molar-refractivity contribution is -0.0337. The summed E-state index contributed by atoms with van der Waals surface area (Å²) in [6, 6.07) is 12.4. The van der Waals surface area contributed by atoms with Crippen molar-refractivity contribution in [2.24, 2.45) is 0 Å². The molecule has 4 heteroatoms. The highest BCUT2D eigenvalue weighted by Crippen LogP contribution is 2.08. The Morgan fingerprint density at radius 3 is 2.95 bits per heavy atom. The Balaban J connectivity index is 1.48. The van der Waals surface area contributed by atoms with E-state index in [0.29, 0.717) is 0 Å². The summed E-state index contributed by atoms with van der Waals surface area (Å²) in [6.07, 6.45) is 8.42. The number of hydrogen-bond donors (Lipinski definition) is 0. The first-order valence-corrected chi connectivity index (χ1v) is 7.43. The SMILES string of the molecule is C(=C\c1ccccc1)/CN1CCOC(Cn2cccn2)C1. The molecule has 0 amide bonds. The number of aromatic nitrogens is 2. The van der Waals surface area contributed by atoms with Gasteiger partial charge in [0.1, 0.15) is 0 Å². The van der Waals surface area contributed by atoms with Crippen LogP contribution in [0.1, 0.15) is 5.56 Å². The van der Waals surface area contributed by atoms with Gasteiger partial charge in [-0.1, -0.05) is 42.5 Å². The van der Waals surface area contributed by atoms with Crippen LogP contribution in [0.2, 0.25) is 0 Å². The molecule has 3 rings (SSSR count). The molecule has 1 unspecified atom stereocenters. The third-order valence-corrected chi connectivity index (χ3v) is 3.65. The third kappa shape index (κ3) is 4.28. The Morgan fingerprint density at radius 2 is 2.14 bits per heavy atom. The fourth-order valence-corrected chi connectivity index (χ4v) is 2.58. The van der Waals surface area contributed by atoms with Crippen LogP contribution in [-0.4, -0.2) is 47.0 Å². The predicted molar refractivity (Wildman–Crippen MR) is 83.9 cm³/mol. The smallest absolute Gasteiger partial charge is 0.0898 e. The molecule has 2 heterocycles. The lowest BCUT2D eigenvalue weighted by Crippen LogP contribution is -2.44. The largest absolute Gasteiger partial charge is 0.374 e. The maximum Gasteiger partial charge on any atom is 0.0898 e. The second kappa shape index (κ2) is 7.20. The highest BCUT2D eigenvalue weighted by Gasteiger charge is 2.19. The summed E-state index contributed by atoms with van der Waals surface area (Å²) in [5, 5.41) is 4.24. The normalized spacial score (nSPS) is 20.1. The second-order valence-corrected chi connectivity index (χ2v) is 5.29. The zero-order valence-corrected chi connectivity index (χ0v) is 12.1. The summed E-state index contributed by atoms with van der Waals surface area (Å²) >= 11 is 0. The van der Waals surface area contributed by atoms with E-state index in [1.165, 1.54) is 5.56 Å². The van der Waals surface area contributed by atoms with Crippen molar-refractivity contribution in [2.75, 3.05) is 26.2 Å². The van der Waals surface area contributed by atoms with Gasteiger partial charge in [-0.15, -0.1) is 0 Å². The minimum atomic E-state index is 0.226. The van der Waals surface area contributed by atoms with Crippen molar-refractivity contribution in [1.82, 2.24) is 14.7 Å². The van der Waals surface area contributed by atoms with E-state index in [0.717, 1.165) is 32.8 Å². The molecular formula is C17H21N3O. The fourth-order valence-electron chi connectivity index (χ4n) is 2.58. The van der Waals surface area contributed by atoms with Gasteiger partial charge >= 0.3 is 0 Å². The molecule has 2 aromatic rings. The molecule has 0 radical (unpaired) electrons. The number of nitrogens with zero attached hydrogens (tertiary/aromatic N) is 3. The molecular weight excluding hydrogens is 262 g/mol. The minimum Gasteiger partial charge on any atom is -0.374 e. The van der Waals surface area contributed by atoms with E-state index in [1.54, 1.807) is 0 Å². The molecule has 1 atom stereocenters. The summed E-state index contributed by atoms with van der Waals surface area (Å²) in [6.45, 7) is 4.54. The summed E-state index contributed by atoms with van der Waals surface area (Å²) in [5.41, 5.74) is 1.25. The van der Waals surface area contributed by atoms with E-state index in [2.05, 4.69) is 46.4 Å². The molecule has 21 heavy (non-hydrogen) atoms. The summed E-state index contributed by atoms with van der Waals surface area (Å²) in [4.78, 5) is 2.43. The standard InChI is InChI=1S/C17H21N3O/c1-2-6-16(7-3-1)8-4-10-19-12-13-21-17(14-19)15-20-11-5-9-18-20/h1-9,11,17H,10,12-15H2/b8-4+. The average molecular weight is 283 g/mol. The maximum atomic E-state index is 5.82. The Morgan fingerprint density at radius 1 is 1.24 bits per heavy atom. The first kappa shape index (κ1) is 14.0. The molecule has 1 aromatic carbocycles. The quantitative estimate of drug-likeness (QED) is 0.843. The summed E-state index contributed by atoms with van der Waals surface area (Å²) in [7, 11) is 0. The van der Waals surface area contributed by atoms with E-state index in [1.807, 2.05) is 29.2 Å². The molecule has 0 N–H and O–H groups in total. The minimum absolute atomic E-state index is 0.226. The third-order valence-electron chi connectivity index (χ3n) is 3.65. The van der Waals surface area contributed by atoms with Gasteiger partial charge in [-0.25, -0.2) is 0 Å². The number of rotatable bonds is 5. The first-order valence-electron chi connectivity index (χ1n) is 7.43. The van der Waals surface area contributed by atoms with Crippen molar-refractivity contribution in [1.29, 1.82) is 0 Å². The van der Waals surface area contributed by atoms with Crippen LogP contribution in [0.5, 0.6) is 0 Å². The molecule has 1 aromatic heterocycles. The van der Waals surface area contributed by atoms with E-state index in [-0.39, 0.29) is 6.10 Å². The van der Waals surface area contributed by atoms with Crippen LogP contribution in [-0.2, 0) is 11.3 Å². The molecule has 1 aliphatic rings. The summed E-state index contributed by atoms with van der Waals surface area (Å²) in [5.74, 6) is 0. The van der Waals surface area contributed by atoms with Crippen LogP contribution in [0.3, 0.4) is 0 Å². The molecule has 0 spiro atoms. The van der Waals surface area contributed by atoms with E-state index >= 15 is 0 Å². The van der Waals surface area contributed by atoms with Crippen LogP contribution < -0.4 is 0 Å². The first-order chi connectivity index (χ1) is 10.4. The van der Waals surface area contributed by atoms with Crippen LogP contribution in [0, 0.1) is 0 Å². The molecule has 0 bridgehead atoms. The van der Waals surface area contributed by atoms with Gasteiger partial charge in [0.15, 0.2) is 0 Å². The molecule has 4 nitrogen and oxygen atoms in total. The second-order valence-electron chi connectivity index (χ2n) is 5.29. The van der Waals surface area contributed by atoms with E-state index < -0.39 is 0 Å². The highest BCUT2D eigenvalue weighted by atomic mass is 16.5. The van der Waals surface area contributed by atoms with E-state index in [9.17, 15) is 0 Å². The average Bonchev–Trinajstić information content (AvgIpc) is 3.02. The van der Waals surface area contributed by atoms with Crippen molar-refractivity contribution >= 4 is 6.08 Å². The Labute approximate surface area is 125 Å². The molecule has 1 saturated heterocycles. The van der Waals surface area contributed by atoms with Gasteiger partial charge in [-0.2, -0.15) is 5.10 Å². The number of benzene rings is 1. The topological polar surface area (TPSA) is 30.3 Å². The van der Waals surface area contributed by atoms with Crippen LogP contribution in [0.4, 0.5) is 0 Å².